The first-order valence-electron chi connectivity index (χ1n) is 13.7. The Morgan fingerprint density at radius 1 is 1.20 bits per heavy atom. The number of nitrogens with zero attached hydrogens (tertiary/aromatic N) is 5. The molecule has 1 aliphatic heterocycles. The van der Waals surface area contributed by atoms with E-state index in [0.29, 0.717) is 29.3 Å². The molecule has 0 saturated carbocycles. The van der Waals surface area contributed by atoms with Crippen molar-refractivity contribution < 1.29 is 14.3 Å². The number of carbonyl (C=O) groups excluding carboxylic acids is 2. The molecule has 0 bridgehead atoms. The Labute approximate surface area is 241 Å². The maximum atomic E-state index is 12.1. The number of nitrogens with one attached hydrogen (secondary N) is 1. The molecule has 10 nitrogen and oxygen atoms in total. The molecule has 1 unspecified atom stereocenters. The molecule has 2 aromatic carbocycles. The Kier molecular flexibility index (Phi) is 11.5. The van der Waals surface area contributed by atoms with Gasteiger partial charge in [-0.05, 0) is 43.7 Å². The Bertz CT molecular complexity index is 1450. The first kappa shape index (κ1) is 31.0. The maximum Gasteiger partial charge on any atom is 0.246 e. The Morgan fingerprint density at radius 2 is 1.95 bits per heavy atom. The average molecular weight is 558 g/mol. The van der Waals surface area contributed by atoms with E-state index in [1.807, 2.05) is 42.6 Å². The Morgan fingerprint density at radius 3 is 2.61 bits per heavy atom. The van der Waals surface area contributed by atoms with Gasteiger partial charge in [0.1, 0.15) is 29.9 Å². The molecule has 0 radical (unpaired) electrons. The highest BCUT2D eigenvalue weighted by Crippen LogP contribution is 2.33. The minimum absolute atomic E-state index is 0.0294. The van der Waals surface area contributed by atoms with Crippen LogP contribution in [0.5, 0.6) is 5.75 Å². The number of aldehydes is 1. The third-order valence-corrected chi connectivity index (χ3v) is 6.58. The molecule has 41 heavy (non-hydrogen) atoms. The standard InChI is InChI=1S/C21H25N7O.C8H8O2.C2H6/c1-3-17(29)27-10-4-5-16(12-27)28-21-18(20(22)24-13-25-21)19(26-28)15-8-6-14(7-9-15)11-23-2;1-10-8-4-2-3-7(5-8)6-9;1-2/h3,6-9,13,16,23H,1,4-5,10-12H2,2H3,(H2,22,24,25);2-6H,1H3;1-2H3. The van der Waals surface area contributed by atoms with Gasteiger partial charge in [0.2, 0.25) is 5.91 Å². The second-order valence-electron chi connectivity index (χ2n) is 9.16. The highest BCUT2D eigenvalue weighted by molar-refractivity contribution is 5.98. The lowest BCUT2D eigenvalue weighted by Crippen LogP contribution is -2.40. The van der Waals surface area contributed by atoms with Crippen molar-refractivity contribution in [2.45, 2.75) is 39.3 Å². The van der Waals surface area contributed by atoms with Crippen LogP contribution < -0.4 is 15.8 Å². The number of carbonyl (C=O) groups is 2. The van der Waals surface area contributed by atoms with Crippen molar-refractivity contribution in [2.24, 2.45) is 0 Å². The van der Waals surface area contributed by atoms with Gasteiger partial charge in [-0.2, -0.15) is 5.10 Å². The lowest BCUT2D eigenvalue weighted by Gasteiger charge is -2.32. The van der Waals surface area contributed by atoms with E-state index in [9.17, 15) is 9.59 Å². The van der Waals surface area contributed by atoms with Gasteiger partial charge in [-0.3, -0.25) is 9.59 Å². The molecule has 1 atom stereocenters. The van der Waals surface area contributed by atoms with Gasteiger partial charge in [-0.25, -0.2) is 14.6 Å². The van der Waals surface area contributed by atoms with Crippen LogP contribution in [-0.2, 0) is 11.3 Å². The molecule has 5 rings (SSSR count). The van der Waals surface area contributed by atoms with E-state index >= 15 is 0 Å². The van der Waals surface area contributed by atoms with Gasteiger partial charge in [-0.15, -0.1) is 0 Å². The zero-order valence-electron chi connectivity index (χ0n) is 24.2. The topological polar surface area (TPSA) is 128 Å². The average Bonchev–Trinajstić information content (AvgIpc) is 3.43. The van der Waals surface area contributed by atoms with E-state index in [1.165, 1.54) is 18.0 Å². The van der Waals surface area contributed by atoms with Crippen molar-refractivity contribution in [2.75, 3.05) is 33.0 Å². The number of likely N-dealkylation sites (tertiary alicyclic amines) is 1. The van der Waals surface area contributed by atoms with Gasteiger partial charge in [0.05, 0.1) is 18.5 Å². The molecule has 0 aliphatic carbocycles. The predicted octanol–water partition coefficient (Wildman–Crippen LogP) is 4.68. The van der Waals surface area contributed by atoms with Gasteiger partial charge < -0.3 is 20.7 Å². The van der Waals surface area contributed by atoms with Gasteiger partial charge in [0.15, 0.2) is 5.65 Å². The van der Waals surface area contributed by atoms with Crippen molar-refractivity contribution >= 4 is 29.0 Å². The van der Waals surface area contributed by atoms with E-state index in [2.05, 4.69) is 34.0 Å². The number of anilines is 1. The van der Waals surface area contributed by atoms with E-state index in [-0.39, 0.29) is 11.9 Å². The van der Waals surface area contributed by atoms with Crippen LogP contribution >= 0.6 is 0 Å². The molecule has 4 aromatic rings. The molecule has 1 fully saturated rings. The normalized spacial score (nSPS) is 14.2. The third-order valence-electron chi connectivity index (χ3n) is 6.58. The van der Waals surface area contributed by atoms with E-state index in [0.717, 1.165) is 48.9 Å². The number of fused-ring (bicyclic) bond motifs is 1. The molecule has 0 spiro atoms. The van der Waals surface area contributed by atoms with Gasteiger partial charge in [0, 0.05) is 30.8 Å². The number of nitrogen functional groups attached to an aromatic ring is 1. The van der Waals surface area contributed by atoms with Crippen LogP contribution in [0.15, 0.2) is 67.5 Å². The first-order valence-corrected chi connectivity index (χ1v) is 13.7. The highest BCUT2D eigenvalue weighted by atomic mass is 16.5. The summed E-state index contributed by atoms with van der Waals surface area (Å²) in [6, 6.07) is 15.3. The summed E-state index contributed by atoms with van der Waals surface area (Å²) in [5, 5.41) is 8.79. The maximum absolute atomic E-state index is 12.1. The molecule has 1 saturated heterocycles. The summed E-state index contributed by atoms with van der Waals surface area (Å²) in [6.07, 6.45) is 5.44. The number of hydrogen-bond donors (Lipinski definition) is 2. The quantitative estimate of drug-likeness (QED) is 0.248. The lowest BCUT2D eigenvalue weighted by molar-refractivity contribution is -0.127. The number of benzene rings is 2. The molecule has 216 valence electrons. The molecular formula is C31H39N7O3. The minimum Gasteiger partial charge on any atom is -0.497 e. The fourth-order valence-electron chi connectivity index (χ4n) is 4.64. The number of nitrogens with two attached hydrogens (primary N) is 1. The van der Waals surface area contributed by atoms with Crippen LogP contribution in [0, 0.1) is 0 Å². The number of piperidine rings is 1. The predicted molar refractivity (Wildman–Crippen MR) is 163 cm³/mol. The second kappa shape index (κ2) is 15.3. The fourth-order valence-corrected chi connectivity index (χ4v) is 4.64. The first-order chi connectivity index (χ1) is 20.0. The molecule has 10 heteroatoms. The molecule has 3 N–H and O–H groups in total. The number of aromatic nitrogens is 4. The van der Waals surface area contributed by atoms with E-state index < -0.39 is 0 Å². The highest BCUT2D eigenvalue weighted by Gasteiger charge is 2.27. The summed E-state index contributed by atoms with van der Waals surface area (Å²) in [4.78, 5) is 32.8. The van der Waals surface area contributed by atoms with Crippen LogP contribution in [-0.4, -0.2) is 64.1 Å². The molecule has 1 aliphatic rings. The Balaban J connectivity index is 0.000000324. The number of amides is 1. The molecule has 2 aromatic heterocycles. The van der Waals surface area contributed by atoms with E-state index in [1.54, 1.807) is 31.4 Å². The number of hydrogen-bond acceptors (Lipinski definition) is 8. The van der Waals surface area contributed by atoms with Gasteiger partial charge in [0.25, 0.3) is 0 Å². The molecule has 1 amide bonds. The molecule has 3 heterocycles. The summed E-state index contributed by atoms with van der Waals surface area (Å²) in [5.74, 6) is 1.07. The SMILES string of the molecule is C=CC(=O)N1CCCC(n2nc(-c3ccc(CNC)cc3)c3c(N)ncnc32)C1.CC.COc1cccc(C=O)c1. The van der Waals surface area contributed by atoms with Gasteiger partial charge in [-0.1, -0.05) is 56.8 Å². The van der Waals surface area contributed by atoms with Crippen LogP contribution in [0.3, 0.4) is 0 Å². The van der Waals surface area contributed by atoms with Crippen LogP contribution in [0.25, 0.3) is 22.3 Å². The van der Waals surface area contributed by atoms with Crippen LogP contribution in [0.2, 0.25) is 0 Å². The van der Waals surface area contributed by atoms with Crippen molar-refractivity contribution in [3.8, 4) is 17.0 Å². The summed E-state index contributed by atoms with van der Waals surface area (Å²) in [5.41, 5.74) is 10.5. The van der Waals surface area contributed by atoms with Crippen molar-refractivity contribution in [3.05, 3.63) is 78.6 Å². The zero-order valence-corrected chi connectivity index (χ0v) is 24.2. The lowest BCUT2D eigenvalue weighted by atomic mass is 10.1. The number of rotatable bonds is 7. The summed E-state index contributed by atoms with van der Waals surface area (Å²) < 4.78 is 6.81. The summed E-state index contributed by atoms with van der Waals surface area (Å²) in [7, 11) is 3.50. The van der Waals surface area contributed by atoms with Crippen molar-refractivity contribution in [1.82, 2.24) is 30.0 Å². The minimum atomic E-state index is -0.0550. The monoisotopic (exact) mass is 557 g/mol. The van der Waals surface area contributed by atoms with Crippen LogP contribution in [0.1, 0.15) is 48.7 Å². The zero-order chi connectivity index (χ0) is 29.8. The third kappa shape index (κ3) is 7.55. The molecular weight excluding hydrogens is 518 g/mol. The number of methoxy groups -OCH3 is 1. The van der Waals surface area contributed by atoms with Gasteiger partial charge >= 0.3 is 0 Å². The smallest absolute Gasteiger partial charge is 0.246 e. The van der Waals surface area contributed by atoms with Crippen molar-refractivity contribution in [3.63, 3.8) is 0 Å². The summed E-state index contributed by atoms with van der Waals surface area (Å²) in [6.45, 7) is 9.71. The Hall–Kier alpha value is -4.57. The van der Waals surface area contributed by atoms with Crippen molar-refractivity contribution in [1.29, 1.82) is 0 Å². The number of ether oxygens (including phenoxy) is 1. The van der Waals surface area contributed by atoms with Crippen LogP contribution in [0.4, 0.5) is 5.82 Å². The second-order valence-corrected chi connectivity index (χ2v) is 9.16. The largest absolute Gasteiger partial charge is 0.497 e. The van der Waals surface area contributed by atoms with E-state index in [4.69, 9.17) is 15.6 Å². The summed E-state index contributed by atoms with van der Waals surface area (Å²) >= 11 is 0. The fraction of sp³-hybridized carbons (Fsp3) is 0.323.